The number of hydrogen-bond acceptors (Lipinski definition) is 6. The van der Waals surface area contributed by atoms with Crippen molar-refractivity contribution in [3.8, 4) is 17.0 Å². The van der Waals surface area contributed by atoms with Crippen LogP contribution in [0.25, 0.3) is 11.3 Å². The summed E-state index contributed by atoms with van der Waals surface area (Å²) in [5.74, 6) is 0.432. The number of ether oxygens (including phenoxy) is 1. The van der Waals surface area contributed by atoms with E-state index in [1.54, 1.807) is 24.7 Å². The van der Waals surface area contributed by atoms with E-state index >= 15 is 4.39 Å². The average molecular weight is 339 g/mol. The van der Waals surface area contributed by atoms with Crippen LogP contribution in [0.1, 0.15) is 30.7 Å². The zero-order valence-corrected chi connectivity index (χ0v) is 13.5. The Balaban J connectivity index is 1.74. The van der Waals surface area contributed by atoms with Crippen molar-refractivity contribution in [2.45, 2.75) is 31.4 Å². The van der Waals surface area contributed by atoms with Crippen LogP contribution >= 0.6 is 0 Å². The first kappa shape index (κ1) is 15.6. The number of nitrogen functional groups attached to an aromatic ring is 1. The number of anilines is 1. The average Bonchev–Trinajstić information content (AvgIpc) is 2.59. The van der Waals surface area contributed by atoms with Gasteiger partial charge >= 0.3 is 0 Å². The molecule has 7 heteroatoms. The first-order chi connectivity index (χ1) is 12.2. The Hall–Kier alpha value is -2.96. The SMILES string of the molecule is Nc1cnc(-c2ccc(C3CCC3)c(OC3C=NC=CN3)c2F)cn1. The van der Waals surface area contributed by atoms with Gasteiger partial charge in [0.2, 0.25) is 6.23 Å². The molecule has 3 N–H and O–H groups in total. The highest BCUT2D eigenvalue weighted by Crippen LogP contribution is 2.43. The molecule has 1 aliphatic carbocycles. The molecule has 128 valence electrons. The van der Waals surface area contributed by atoms with Gasteiger partial charge in [-0.2, -0.15) is 0 Å². The number of hydrogen-bond donors (Lipinski definition) is 2. The summed E-state index contributed by atoms with van der Waals surface area (Å²) in [6, 6.07) is 3.66. The Bertz CT molecular complexity index is 830. The van der Waals surface area contributed by atoms with Crippen LogP contribution in [0.3, 0.4) is 0 Å². The van der Waals surface area contributed by atoms with E-state index in [-0.39, 0.29) is 5.75 Å². The maximum absolute atomic E-state index is 15.3. The predicted molar refractivity (Wildman–Crippen MR) is 93.6 cm³/mol. The van der Waals surface area contributed by atoms with Crippen LogP contribution in [0, 0.1) is 5.82 Å². The molecule has 0 radical (unpaired) electrons. The lowest BCUT2D eigenvalue weighted by molar-refractivity contribution is 0.231. The Labute approximate surface area is 144 Å². The normalized spacial score (nSPS) is 19.3. The van der Waals surface area contributed by atoms with Crippen LogP contribution in [0.4, 0.5) is 10.2 Å². The number of halogens is 1. The number of aliphatic imine (C=N–C) groups is 1. The third kappa shape index (κ3) is 3.05. The minimum atomic E-state index is -0.508. The largest absolute Gasteiger partial charge is 0.462 e. The van der Waals surface area contributed by atoms with E-state index < -0.39 is 12.0 Å². The lowest BCUT2D eigenvalue weighted by Crippen LogP contribution is -2.34. The van der Waals surface area contributed by atoms with Gasteiger partial charge in [0.05, 0.1) is 24.3 Å². The van der Waals surface area contributed by atoms with E-state index in [2.05, 4.69) is 20.3 Å². The molecule has 2 heterocycles. The van der Waals surface area contributed by atoms with E-state index in [4.69, 9.17) is 10.5 Å². The maximum Gasteiger partial charge on any atom is 0.206 e. The van der Waals surface area contributed by atoms with Gasteiger partial charge in [0.15, 0.2) is 11.6 Å². The van der Waals surface area contributed by atoms with Crippen LogP contribution < -0.4 is 15.8 Å². The van der Waals surface area contributed by atoms with Crippen molar-refractivity contribution in [2.24, 2.45) is 4.99 Å². The van der Waals surface area contributed by atoms with Crippen molar-refractivity contribution in [1.82, 2.24) is 15.3 Å². The molecule has 1 atom stereocenters. The third-order valence-electron chi connectivity index (χ3n) is 4.51. The standard InChI is InChI=1S/C18H18FN5O/c19-17-13(14-8-24-15(20)9-23-14)5-4-12(11-2-1-3-11)18(17)25-16-10-21-6-7-22-16/h4-11,16,22H,1-3H2,(H2,20,24). The summed E-state index contributed by atoms with van der Waals surface area (Å²) in [6.07, 6.45) is 10.5. The van der Waals surface area contributed by atoms with Crippen molar-refractivity contribution >= 4 is 12.0 Å². The molecule has 25 heavy (non-hydrogen) atoms. The number of benzene rings is 1. The second-order valence-electron chi connectivity index (χ2n) is 6.12. The molecular weight excluding hydrogens is 321 g/mol. The first-order valence-corrected chi connectivity index (χ1v) is 8.23. The van der Waals surface area contributed by atoms with Gasteiger partial charge < -0.3 is 15.8 Å². The monoisotopic (exact) mass is 339 g/mol. The molecule has 0 amide bonds. The molecule has 1 aromatic carbocycles. The molecule has 2 aliphatic rings. The number of nitrogens with two attached hydrogens (primary N) is 1. The Morgan fingerprint density at radius 1 is 1.20 bits per heavy atom. The zero-order chi connectivity index (χ0) is 17.2. The molecule has 0 spiro atoms. The summed E-state index contributed by atoms with van der Waals surface area (Å²) in [7, 11) is 0. The van der Waals surface area contributed by atoms with E-state index in [1.165, 1.54) is 12.4 Å². The highest BCUT2D eigenvalue weighted by Gasteiger charge is 2.28. The lowest BCUT2D eigenvalue weighted by atomic mass is 9.79. The summed E-state index contributed by atoms with van der Waals surface area (Å²) < 4.78 is 21.2. The fraction of sp³-hybridized carbons (Fsp3) is 0.278. The summed E-state index contributed by atoms with van der Waals surface area (Å²) in [6.45, 7) is 0. The molecule has 2 aromatic rings. The van der Waals surface area contributed by atoms with Gasteiger partial charge in [-0.15, -0.1) is 0 Å². The maximum atomic E-state index is 15.3. The van der Waals surface area contributed by atoms with Crippen LogP contribution in [-0.4, -0.2) is 22.4 Å². The number of aromatic nitrogens is 2. The van der Waals surface area contributed by atoms with Crippen molar-refractivity contribution in [3.05, 3.63) is 48.3 Å². The van der Waals surface area contributed by atoms with E-state index in [0.717, 1.165) is 24.8 Å². The highest BCUT2D eigenvalue weighted by atomic mass is 19.1. The van der Waals surface area contributed by atoms with E-state index in [1.807, 2.05) is 6.07 Å². The molecule has 1 aromatic heterocycles. The molecule has 0 bridgehead atoms. The minimum Gasteiger partial charge on any atom is -0.462 e. The van der Waals surface area contributed by atoms with Crippen LogP contribution in [0.5, 0.6) is 5.75 Å². The predicted octanol–water partition coefficient (Wildman–Crippen LogP) is 2.98. The summed E-state index contributed by atoms with van der Waals surface area (Å²) in [5, 5.41) is 3.00. The third-order valence-corrected chi connectivity index (χ3v) is 4.51. The van der Waals surface area contributed by atoms with Gasteiger partial charge in [-0.3, -0.25) is 9.98 Å². The number of nitrogens with one attached hydrogen (secondary N) is 1. The second kappa shape index (κ2) is 6.51. The van der Waals surface area contributed by atoms with Gasteiger partial charge in [-0.05, 0) is 24.8 Å². The number of rotatable bonds is 4. The fourth-order valence-corrected chi connectivity index (χ4v) is 2.95. The topological polar surface area (TPSA) is 85.4 Å². The zero-order valence-electron chi connectivity index (χ0n) is 13.5. The molecule has 1 saturated carbocycles. The second-order valence-corrected chi connectivity index (χ2v) is 6.12. The van der Waals surface area contributed by atoms with Gasteiger partial charge in [-0.25, -0.2) is 9.37 Å². The van der Waals surface area contributed by atoms with E-state index in [9.17, 15) is 0 Å². The van der Waals surface area contributed by atoms with Crippen LogP contribution in [0.15, 0.2) is 41.9 Å². The van der Waals surface area contributed by atoms with Crippen molar-refractivity contribution in [3.63, 3.8) is 0 Å². The molecule has 0 saturated heterocycles. The highest BCUT2D eigenvalue weighted by molar-refractivity contribution is 5.67. The molecule has 1 aliphatic heterocycles. The summed E-state index contributed by atoms with van der Waals surface area (Å²) in [5.41, 5.74) is 7.21. The fourth-order valence-electron chi connectivity index (χ4n) is 2.95. The first-order valence-electron chi connectivity index (χ1n) is 8.23. The van der Waals surface area contributed by atoms with Gasteiger partial charge in [-0.1, -0.05) is 12.5 Å². The van der Waals surface area contributed by atoms with Crippen LogP contribution in [-0.2, 0) is 0 Å². The molecular formula is C18H18FN5O. The minimum absolute atomic E-state index is 0.250. The molecule has 4 rings (SSSR count). The molecule has 1 fully saturated rings. The number of nitrogens with zero attached hydrogens (tertiary/aromatic N) is 3. The lowest BCUT2D eigenvalue weighted by Gasteiger charge is -2.29. The van der Waals surface area contributed by atoms with Gasteiger partial charge in [0.25, 0.3) is 0 Å². The summed E-state index contributed by atoms with van der Waals surface area (Å²) >= 11 is 0. The Morgan fingerprint density at radius 2 is 2.08 bits per heavy atom. The Morgan fingerprint density at radius 3 is 2.72 bits per heavy atom. The molecule has 6 nitrogen and oxygen atoms in total. The smallest absolute Gasteiger partial charge is 0.206 e. The van der Waals surface area contributed by atoms with Crippen molar-refractivity contribution in [1.29, 1.82) is 0 Å². The van der Waals surface area contributed by atoms with E-state index in [0.29, 0.717) is 23.0 Å². The summed E-state index contributed by atoms with van der Waals surface area (Å²) in [4.78, 5) is 12.2. The Kier molecular flexibility index (Phi) is 4.05. The quantitative estimate of drug-likeness (QED) is 0.894. The van der Waals surface area contributed by atoms with Gasteiger partial charge in [0.1, 0.15) is 5.82 Å². The van der Waals surface area contributed by atoms with Gasteiger partial charge in [0, 0.05) is 23.5 Å². The van der Waals surface area contributed by atoms with Crippen molar-refractivity contribution in [2.75, 3.05) is 5.73 Å². The van der Waals surface area contributed by atoms with Crippen molar-refractivity contribution < 1.29 is 9.13 Å². The van der Waals surface area contributed by atoms with Crippen LogP contribution in [0.2, 0.25) is 0 Å². The molecule has 1 unspecified atom stereocenters.